The van der Waals surface area contributed by atoms with Crippen LogP contribution in [0.1, 0.15) is 29.8 Å². The van der Waals surface area contributed by atoms with Gasteiger partial charge in [-0.25, -0.2) is 9.37 Å². The van der Waals surface area contributed by atoms with Gasteiger partial charge in [-0.05, 0) is 54.5 Å². The molecular formula is C21H18FN5O. The number of carbonyl (C=O) groups excluding carboxylic acids is 1. The van der Waals surface area contributed by atoms with Gasteiger partial charge in [0.1, 0.15) is 17.7 Å². The normalized spacial score (nSPS) is 18.9. The maximum atomic E-state index is 13.0. The van der Waals surface area contributed by atoms with Gasteiger partial charge >= 0.3 is 0 Å². The Labute approximate surface area is 160 Å². The Morgan fingerprint density at radius 1 is 1.14 bits per heavy atom. The summed E-state index contributed by atoms with van der Waals surface area (Å²) in [5, 5.41) is 13.1. The number of halogens is 1. The molecule has 5 rings (SSSR count). The first-order valence-corrected chi connectivity index (χ1v) is 9.29. The van der Waals surface area contributed by atoms with Crippen LogP contribution in [-0.4, -0.2) is 32.1 Å². The van der Waals surface area contributed by atoms with E-state index in [2.05, 4.69) is 25.5 Å². The fraction of sp³-hybridized carbons (Fsp3) is 0.238. The highest BCUT2D eigenvalue weighted by molar-refractivity contribution is 6.07. The third kappa shape index (κ3) is 2.98. The molecule has 6 nitrogen and oxygen atoms in total. The van der Waals surface area contributed by atoms with E-state index >= 15 is 0 Å². The summed E-state index contributed by atoms with van der Waals surface area (Å²) in [6.45, 7) is 0. The van der Waals surface area contributed by atoms with Crippen molar-refractivity contribution in [2.75, 3.05) is 5.32 Å². The highest BCUT2D eigenvalue weighted by Gasteiger charge is 2.31. The monoisotopic (exact) mass is 375 g/mol. The topological polar surface area (TPSA) is 83.6 Å². The molecule has 3 aromatic heterocycles. The number of fused-ring (bicyclic) bond motifs is 2. The molecule has 0 saturated heterocycles. The lowest BCUT2D eigenvalue weighted by atomic mass is 9.79. The number of hydrogen-bond donors (Lipinski definition) is 2. The Morgan fingerprint density at radius 2 is 2.04 bits per heavy atom. The number of H-pyrrole nitrogens is 1. The molecule has 0 bridgehead atoms. The molecule has 1 saturated carbocycles. The molecule has 1 fully saturated rings. The fourth-order valence-electron chi connectivity index (χ4n) is 3.75. The second-order valence-electron chi connectivity index (χ2n) is 7.26. The number of aromatic amines is 1. The smallest absolute Gasteiger partial charge is 0.183 e. The number of carbonyl (C=O) groups is 1. The van der Waals surface area contributed by atoms with Crippen molar-refractivity contribution in [2.24, 2.45) is 5.92 Å². The number of aromatic nitrogens is 4. The Kier molecular flexibility index (Phi) is 4.00. The largest absolute Gasteiger partial charge is 0.340 e. The number of pyridine rings is 2. The van der Waals surface area contributed by atoms with Gasteiger partial charge in [0.2, 0.25) is 0 Å². The van der Waals surface area contributed by atoms with Crippen LogP contribution >= 0.6 is 0 Å². The summed E-state index contributed by atoms with van der Waals surface area (Å²) < 4.78 is 13.0. The third-order valence-electron chi connectivity index (χ3n) is 5.28. The Hall–Kier alpha value is -3.35. The zero-order valence-electron chi connectivity index (χ0n) is 15.0. The van der Waals surface area contributed by atoms with E-state index in [0.717, 1.165) is 27.7 Å². The highest BCUT2D eigenvalue weighted by Crippen LogP contribution is 2.34. The zero-order chi connectivity index (χ0) is 19.1. The van der Waals surface area contributed by atoms with Crippen LogP contribution in [0.3, 0.4) is 0 Å². The summed E-state index contributed by atoms with van der Waals surface area (Å²) in [6, 6.07) is 11.5. The van der Waals surface area contributed by atoms with Crippen LogP contribution in [0.15, 0.2) is 48.8 Å². The number of benzene rings is 1. The molecule has 1 aliphatic carbocycles. The molecule has 0 spiro atoms. The van der Waals surface area contributed by atoms with Gasteiger partial charge < -0.3 is 5.32 Å². The van der Waals surface area contributed by atoms with Gasteiger partial charge in [0.05, 0.1) is 5.39 Å². The second kappa shape index (κ2) is 6.67. The van der Waals surface area contributed by atoms with E-state index in [1.807, 2.05) is 36.4 Å². The van der Waals surface area contributed by atoms with E-state index in [-0.39, 0.29) is 11.7 Å². The summed E-state index contributed by atoms with van der Waals surface area (Å²) in [6.07, 6.45) is 3.93. The Bertz CT molecular complexity index is 1180. The van der Waals surface area contributed by atoms with Gasteiger partial charge in [-0.15, -0.1) is 0 Å². The summed E-state index contributed by atoms with van der Waals surface area (Å²) in [5.41, 5.74) is 1.97. The minimum atomic E-state index is -0.749. The molecule has 140 valence electrons. The van der Waals surface area contributed by atoms with Crippen LogP contribution in [-0.2, 0) is 0 Å². The van der Waals surface area contributed by atoms with Gasteiger partial charge in [0.25, 0.3) is 0 Å². The van der Waals surface area contributed by atoms with Crippen LogP contribution in [0.2, 0.25) is 0 Å². The van der Waals surface area contributed by atoms with E-state index in [9.17, 15) is 9.18 Å². The fourth-order valence-corrected chi connectivity index (χ4v) is 3.75. The van der Waals surface area contributed by atoms with Crippen LogP contribution in [0.5, 0.6) is 0 Å². The van der Waals surface area contributed by atoms with E-state index < -0.39 is 6.17 Å². The molecule has 3 heterocycles. The van der Waals surface area contributed by atoms with Gasteiger partial charge in [-0.2, -0.15) is 5.10 Å². The lowest BCUT2D eigenvalue weighted by Crippen LogP contribution is -2.27. The average Bonchev–Trinajstić information content (AvgIpc) is 3.09. The molecular weight excluding hydrogens is 357 g/mol. The van der Waals surface area contributed by atoms with Crippen LogP contribution in [0.4, 0.5) is 15.9 Å². The van der Waals surface area contributed by atoms with E-state index in [0.29, 0.717) is 30.6 Å². The van der Waals surface area contributed by atoms with Crippen LogP contribution in [0, 0.1) is 5.92 Å². The maximum absolute atomic E-state index is 13.0. The van der Waals surface area contributed by atoms with Crippen molar-refractivity contribution < 1.29 is 9.18 Å². The van der Waals surface area contributed by atoms with Crippen LogP contribution in [0.25, 0.3) is 21.8 Å². The van der Waals surface area contributed by atoms with Crippen molar-refractivity contribution >= 4 is 39.1 Å². The first kappa shape index (κ1) is 16.8. The number of anilines is 2. The molecule has 0 amide bonds. The van der Waals surface area contributed by atoms with Gasteiger partial charge in [0.15, 0.2) is 11.4 Å². The number of nitrogens with one attached hydrogen (secondary N) is 2. The molecule has 4 aromatic rings. The Morgan fingerprint density at radius 3 is 2.89 bits per heavy atom. The molecule has 1 aromatic carbocycles. The minimum absolute atomic E-state index is 0.0196. The molecule has 0 radical (unpaired) electrons. The first-order chi connectivity index (χ1) is 13.7. The molecule has 0 unspecified atom stereocenters. The molecule has 0 aliphatic heterocycles. The molecule has 2 N–H and O–H groups in total. The van der Waals surface area contributed by atoms with E-state index in [4.69, 9.17) is 0 Å². The predicted octanol–water partition coefficient (Wildman–Crippen LogP) is 4.57. The van der Waals surface area contributed by atoms with Crippen molar-refractivity contribution in [2.45, 2.75) is 25.4 Å². The second-order valence-corrected chi connectivity index (χ2v) is 7.26. The lowest BCUT2D eigenvalue weighted by Gasteiger charge is -2.28. The van der Waals surface area contributed by atoms with E-state index in [1.165, 1.54) is 0 Å². The van der Waals surface area contributed by atoms with Gasteiger partial charge in [-0.1, -0.05) is 6.07 Å². The number of rotatable bonds is 5. The van der Waals surface area contributed by atoms with E-state index in [1.54, 1.807) is 12.4 Å². The molecule has 28 heavy (non-hydrogen) atoms. The standard InChI is InChI=1S/C21H18FN5O/c22-14-8-12(9-14)10-18(28)19-16-4-3-15(11-13(16)5-7-23-19)25-21-17-2-1-6-24-20(17)26-27-21/h1-7,11-12,14H,8-10H2,(H2,24,25,26,27). The van der Waals surface area contributed by atoms with Crippen LogP contribution < -0.4 is 5.32 Å². The summed E-state index contributed by atoms with van der Waals surface area (Å²) >= 11 is 0. The summed E-state index contributed by atoms with van der Waals surface area (Å²) in [4.78, 5) is 21.1. The Balaban J connectivity index is 1.43. The molecule has 1 aliphatic rings. The number of nitrogens with zero attached hydrogens (tertiary/aromatic N) is 3. The quantitative estimate of drug-likeness (QED) is 0.499. The average molecular weight is 375 g/mol. The lowest BCUT2D eigenvalue weighted by molar-refractivity contribution is 0.0837. The molecule has 7 heteroatoms. The first-order valence-electron chi connectivity index (χ1n) is 9.29. The van der Waals surface area contributed by atoms with Crippen molar-refractivity contribution in [3.8, 4) is 0 Å². The number of ketones is 1. The zero-order valence-corrected chi connectivity index (χ0v) is 15.0. The summed E-state index contributed by atoms with van der Waals surface area (Å²) in [7, 11) is 0. The summed E-state index contributed by atoms with van der Waals surface area (Å²) in [5.74, 6) is 0.884. The minimum Gasteiger partial charge on any atom is -0.340 e. The maximum Gasteiger partial charge on any atom is 0.183 e. The van der Waals surface area contributed by atoms with Gasteiger partial charge in [-0.3, -0.25) is 14.9 Å². The van der Waals surface area contributed by atoms with Crippen molar-refractivity contribution in [1.29, 1.82) is 0 Å². The molecule has 0 atom stereocenters. The number of hydrogen-bond acceptors (Lipinski definition) is 5. The van der Waals surface area contributed by atoms with Gasteiger partial charge in [0, 0.05) is 29.9 Å². The van der Waals surface area contributed by atoms with Crippen molar-refractivity contribution in [1.82, 2.24) is 20.2 Å². The third-order valence-corrected chi connectivity index (χ3v) is 5.28. The van der Waals surface area contributed by atoms with Crippen molar-refractivity contribution in [3.05, 3.63) is 54.5 Å². The number of Topliss-reactive ketones (excluding diaryl/α,β-unsaturated/α-hetero) is 1. The highest BCUT2D eigenvalue weighted by atomic mass is 19.1. The van der Waals surface area contributed by atoms with Crippen molar-refractivity contribution in [3.63, 3.8) is 0 Å². The predicted molar refractivity (Wildman–Crippen MR) is 105 cm³/mol. The SMILES string of the molecule is O=C(CC1CC(F)C1)c1nccc2cc(Nc3[nH]nc4ncccc34)ccc12. The number of alkyl halides is 1.